The van der Waals surface area contributed by atoms with E-state index in [1.807, 2.05) is 45.9 Å². The van der Waals surface area contributed by atoms with Crippen molar-refractivity contribution in [3.8, 4) is 0 Å². The van der Waals surface area contributed by atoms with Crippen molar-refractivity contribution in [2.75, 3.05) is 36.4 Å². The van der Waals surface area contributed by atoms with E-state index in [4.69, 9.17) is 14.2 Å². The van der Waals surface area contributed by atoms with Crippen LogP contribution in [0.5, 0.6) is 0 Å². The van der Waals surface area contributed by atoms with Gasteiger partial charge in [-0.3, -0.25) is 0 Å². The minimum absolute atomic E-state index is 0.190. The lowest BCUT2D eigenvalue weighted by Gasteiger charge is -2.37. The molecule has 9 nitrogen and oxygen atoms in total. The molecule has 2 fully saturated rings. The van der Waals surface area contributed by atoms with Crippen LogP contribution in [0.15, 0.2) is 30.0 Å². The first kappa shape index (κ1) is 23.4. The number of cyclic esters (lactones) is 2. The summed E-state index contributed by atoms with van der Waals surface area (Å²) >= 11 is 0. The molecule has 0 spiro atoms. The summed E-state index contributed by atoms with van der Waals surface area (Å²) in [5, 5.41) is 2.97. The Labute approximate surface area is 188 Å². The number of esters is 2. The molecule has 9 heteroatoms. The third-order valence-corrected chi connectivity index (χ3v) is 4.97. The molecule has 0 aromatic heterocycles. The summed E-state index contributed by atoms with van der Waals surface area (Å²) in [6.45, 7) is 13.1. The second-order valence-electron chi connectivity index (χ2n) is 9.34. The number of anilines is 2. The molecule has 0 saturated carbocycles. The fraction of sp³-hybridized carbons (Fsp3) is 0.522. The van der Waals surface area contributed by atoms with Gasteiger partial charge in [-0.15, -0.1) is 0 Å². The largest absolute Gasteiger partial charge is 0.444 e. The summed E-state index contributed by atoms with van der Waals surface area (Å²) < 4.78 is 15.6. The third-order valence-electron chi connectivity index (χ3n) is 4.97. The zero-order valence-corrected chi connectivity index (χ0v) is 19.5. The van der Waals surface area contributed by atoms with Crippen LogP contribution in [-0.2, 0) is 23.8 Å². The smallest absolute Gasteiger partial charge is 0.410 e. The fourth-order valence-corrected chi connectivity index (χ4v) is 3.49. The van der Waals surface area contributed by atoms with E-state index < -0.39 is 23.3 Å². The maximum Gasteiger partial charge on any atom is 0.410 e. The van der Waals surface area contributed by atoms with Gasteiger partial charge in [-0.05, 0) is 51.5 Å². The van der Waals surface area contributed by atoms with E-state index in [0.29, 0.717) is 26.2 Å². The monoisotopic (exact) mass is 445 g/mol. The lowest BCUT2D eigenvalue weighted by Crippen LogP contribution is -2.50. The average molecular weight is 446 g/mol. The Bertz CT molecular complexity index is 918. The van der Waals surface area contributed by atoms with Crippen LogP contribution in [-0.4, -0.2) is 60.5 Å². The molecule has 1 N–H and O–H groups in total. The zero-order valence-electron chi connectivity index (χ0n) is 19.5. The van der Waals surface area contributed by atoms with Crippen molar-refractivity contribution < 1.29 is 28.6 Å². The molecule has 1 aromatic carbocycles. The van der Waals surface area contributed by atoms with Gasteiger partial charge in [-0.2, -0.15) is 0 Å². The number of nitrogens with one attached hydrogen (secondary N) is 1. The highest BCUT2D eigenvalue weighted by Crippen LogP contribution is 2.26. The maximum absolute atomic E-state index is 12.3. The Morgan fingerprint density at radius 1 is 1.09 bits per heavy atom. The molecule has 2 heterocycles. The van der Waals surface area contributed by atoms with Crippen molar-refractivity contribution in [2.45, 2.75) is 52.9 Å². The number of hydrogen-bond donors (Lipinski definition) is 1. The highest BCUT2D eigenvalue weighted by molar-refractivity contribution is 6.15. The van der Waals surface area contributed by atoms with Gasteiger partial charge in [0.25, 0.3) is 5.79 Å². The standard InChI is InChI=1S/C23H31N3O6/c1-15-13-16(24-14-17-19(27)30-23(5,6)31-20(17)28)7-8-18(15)25-9-11-26(12-10-25)21(29)32-22(2,3)4/h7-8,13-14,24H,9-12H2,1-6H3. The molecular formula is C23H31N3O6. The molecule has 0 radical (unpaired) electrons. The maximum atomic E-state index is 12.3. The van der Waals surface area contributed by atoms with Gasteiger partial charge in [0.05, 0.1) is 0 Å². The second-order valence-corrected chi connectivity index (χ2v) is 9.34. The van der Waals surface area contributed by atoms with E-state index in [1.54, 1.807) is 4.90 Å². The molecule has 2 aliphatic heterocycles. The molecule has 1 amide bonds. The van der Waals surface area contributed by atoms with Crippen LogP contribution in [0.25, 0.3) is 0 Å². The zero-order chi connectivity index (χ0) is 23.7. The van der Waals surface area contributed by atoms with Gasteiger partial charge in [0, 0.05) is 57.6 Å². The number of carbonyl (C=O) groups is 3. The summed E-state index contributed by atoms with van der Waals surface area (Å²) in [5.41, 5.74) is 2.10. The molecule has 1 aromatic rings. The van der Waals surface area contributed by atoms with Gasteiger partial charge in [-0.25, -0.2) is 14.4 Å². The highest BCUT2D eigenvalue weighted by Gasteiger charge is 2.39. The lowest BCUT2D eigenvalue weighted by molar-refractivity contribution is -0.222. The predicted molar refractivity (Wildman–Crippen MR) is 119 cm³/mol. The average Bonchev–Trinajstić information content (AvgIpc) is 2.65. The number of aryl methyl sites for hydroxylation is 1. The molecular weight excluding hydrogens is 414 g/mol. The van der Waals surface area contributed by atoms with Gasteiger partial charge in [0.2, 0.25) is 0 Å². The first-order chi connectivity index (χ1) is 14.8. The molecule has 0 aliphatic carbocycles. The Morgan fingerprint density at radius 3 is 2.22 bits per heavy atom. The number of carbonyl (C=O) groups excluding carboxylic acids is 3. The number of ether oxygens (including phenoxy) is 3. The number of hydrogen-bond acceptors (Lipinski definition) is 8. The Kier molecular flexibility index (Phi) is 6.39. The summed E-state index contributed by atoms with van der Waals surface area (Å²) in [6, 6.07) is 5.76. The van der Waals surface area contributed by atoms with Crippen LogP contribution in [0.1, 0.15) is 40.2 Å². The van der Waals surface area contributed by atoms with Gasteiger partial charge in [0.1, 0.15) is 5.60 Å². The Hall–Kier alpha value is -3.23. The molecule has 0 unspecified atom stereocenters. The molecule has 3 rings (SSSR count). The second kappa shape index (κ2) is 8.72. The van der Waals surface area contributed by atoms with E-state index in [2.05, 4.69) is 10.2 Å². The number of rotatable bonds is 3. The van der Waals surface area contributed by atoms with Crippen LogP contribution in [0.2, 0.25) is 0 Å². The van der Waals surface area contributed by atoms with Crippen LogP contribution in [0.3, 0.4) is 0 Å². The molecule has 2 aliphatic rings. The SMILES string of the molecule is Cc1cc(NC=C2C(=O)OC(C)(C)OC2=O)ccc1N1CCN(C(=O)OC(C)(C)C)CC1. The first-order valence-electron chi connectivity index (χ1n) is 10.6. The third kappa shape index (κ3) is 5.72. The van der Waals surface area contributed by atoms with Gasteiger partial charge in [-0.1, -0.05) is 0 Å². The molecule has 2 saturated heterocycles. The van der Waals surface area contributed by atoms with Gasteiger partial charge in [0.15, 0.2) is 5.57 Å². The number of benzene rings is 1. The quantitative estimate of drug-likeness (QED) is 0.430. The highest BCUT2D eigenvalue weighted by atomic mass is 16.7. The van der Waals surface area contributed by atoms with Gasteiger partial charge >= 0.3 is 18.0 Å². The molecule has 174 valence electrons. The number of piperazine rings is 1. The normalized spacial score (nSPS) is 18.6. The summed E-state index contributed by atoms with van der Waals surface area (Å²) in [4.78, 5) is 40.3. The van der Waals surface area contributed by atoms with Crippen molar-refractivity contribution in [3.05, 3.63) is 35.5 Å². The van der Waals surface area contributed by atoms with Gasteiger partial charge < -0.3 is 29.3 Å². The van der Waals surface area contributed by atoms with Crippen LogP contribution in [0, 0.1) is 6.92 Å². The first-order valence-corrected chi connectivity index (χ1v) is 10.6. The van der Waals surface area contributed by atoms with E-state index in [1.165, 1.54) is 20.0 Å². The molecule has 0 atom stereocenters. The molecule has 0 bridgehead atoms. The fourth-order valence-electron chi connectivity index (χ4n) is 3.49. The van der Waals surface area contributed by atoms with Crippen molar-refractivity contribution in [1.29, 1.82) is 0 Å². The summed E-state index contributed by atoms with van der Waals surface area (Å²) in [5.74, 6) is -2.72. The summed E-state index contributed by atoms with van der Waals surface area (Å²) in [7, 11) is 0. The minimum Gasteiger partial charge on any atom is -0.444 e. The van der Waals surface area contributed by atoms with Crippen molar-refractivity contribution in [3.63, 3.8) is 0 Å². The Balaban J connectivity index is 1.61. The lowest BCUT2D eigenvalue weighted by atomic mass is 10.1. The van der Waals surface area contributed by atoms with Crippen LogP contribution in [0.4, 0.5) is 16.2 Å². The van der Waals surface area contributed by atoms with Crippen LogP contribution >= 0.6 is 0 Å². The van der Waals surface area contributed by atoms with E-state index >= 15 is 0 Å². The number of amides is 1. The van der Waals surface area contributed by atoms with E-state index in [9.17, 15) is 14.4 Å². The number of nitrogens with zero attached hydrogens (tertiary/aromatic N) is 2. The van der Waals surface area contributed by atoms with Crippen molar-refractivity contribution in [1.82, 2.24) is 4.90 Å². The summed E-state index contributed by atoms with van der Waals surface area (Å²) in [6.07, 6.45) is 1.01. The molecule has 32 heavy (non-hydrogen) atoms. The van der Waals surface area contributed by atoms with E-state index in [0.717, 1.165) is 16.9 Å². The van der Waals surface area contributed by atoms with E-state index in [-0.39, 0.29) is 11.7 Å². The predicted octanol–water partition coefficient (Wildman–Crippen LogP) is 3.18. The van der Waals surface area contributed by atoms with Crippen molar-refractivity contribution in [2.24, 2.45) is 0 Å². The minimum atomic E-state index is -1.27. The van der Waals surface area contributed by atoms with Crippen LogP contribution < -0.4 is 10.2 Å². The van der Waals surface area contributed by atoms with Crippen molar-refractivity contribution >= 4 is 29.4 Å². The Morgan fingerprint density at radius 2 is 1.69 bits per heavy atom. The topological polar surface area (TPSA) is 97.4 Å².